The summed E-state index contributed by atoms with van der Waals surface area (Å²) in [5, 5.41) is 10.9. The molecule has 0 aromatic carbocycles. The Balaban J connectivity index is 2.70. The standard InChI is InChI=1S/C15H24N4O5/c1-15(2,3)24-14(20)18(5)10-9-17(4)12-8-7-11(19(21)22)13(16-12)23-6/h7-8H,9-10H2,1-6H3. The molecule has 0 spiro atoms. The van der Waals surface area contributed by atoms with Crippen LogP contribution in [0.5, 0.6) is 5.88 Å². The Morgan fingerprint density at radius 2 is 1.92 bits per heavy atom. The second kappa shape index (κ2) is 7.80. The fourth-order valence-corrected chi connectivity index (χ4v) is 1.77. The average Bonchev–Trinajstić information content (AvgIpc) is 2.49. The van der Waals surface area contributed by atoms with Crippen LogP contribution >= 0.6 is 0 Å². The molecule has 1 aromatic heterocycles. The molecule has 0 N–H and O–H groups in total. The summed E-state index contributed by atoms with van der Waals surface area (Å²) in [4.78, 5) is 29.6. The molecule has 1 rings (SSSR count). The molecule has 9 heteroatoms. The van der Waals surface area contributed by atoms with Gasteiger partial charge in [-0.05, 0) is 26.8 Å². The minimum Gasteiger partial charge on any atom is -0.476 e. The van der Waals surface area contributed by atoms with Gasteiger partial charge in [-0.3, -0.25) is 10.1 Å². The predicted octanol–water partition coefficient (Wildman–Crippen LogP) is 2.30. The first-order valence-electron chi connectivity index (χ1n) is 7.40. The molecule has 0 aliphatic rings. The summed E-state index contributed by atoms with van der Waals surface area (Å²) in [5.74, 6) is 0.458. The number of carbonyl (C=O) groups excluding carboxylic acids is 1. The molecule has 1 heterocycles. The van der Waals surface area contributed by atoms with Crippen molar-refractivity contribution in [1.82, 2.24) is 9.88 Å². The van der Waals surface area contributed by atoms with Crippen molar-refractivity contribution in [3.05, 3.63) is 22.2 Å². The first kappa shape index (κ1) is 19.5. The highest BCUT2D eigenvalue weighted by Gasteiger charge is 2.21. The van der Waals surface area contributed by atoms with Crippen molar-refractivity contribution in [2.24, 2.45) is 0 Å². The molecule has 0 aliphatic heterocycles. The Morgan fingerprint density at radius 3 is 2.42 bits per heavy atom. The molecule has 0 aliphatic carbocycles. The van der Waals surface area contributed by atoms with Gasteiger partial charge < -0.3 is 19.3 Å². The summed E-state index contributed by atoms with van der Waals surface area (Å²) in [6, 6.07) is 2.88. The predicted molar refractivity (Wildman–Crippen MR) is 89.6 cm³/mol. The number of carbonyl (C=O) groups is 1. The minimum absolute atomic E-state index is 0.0511. The van der Waals surface area contributed by atoms with Gasteiger partial charge in [-0.1, -0.05) is 0 Å². The van der Waals surface area contributed by atoms with E-state index in [0.717, 1.165) is 0 Å². The molecule has 0 unspecified atom stereocenters. The van der Waals surface area contributed by atoms with E-state index in [2.05, 4.69) is 4.98 Å². The first-order chi connectivity index (χ1) is 11.0. The molecule has 9 nitrogen and oxygen atoms in total. The number of nitrogens with zero attached hydrogens (tertiary/aromatic N) is 4. The molecule has 1 amide bonds. The number of likely N-dealkylation sites (N-methyl/N-ethyl adjacent to an activating group) is 2. The van der Waals surface area contributed by atoms with Crippen LogP contribution in [0.25, 0.3) is 0 Å². The van der Waals surface area contributed by atoms with Crippen LogP contribution in [-0.2, 0) is 4.74 Å². The SMILES string of the molecule is COc1nc(N(C)CCN(C)C(=O)OC(C)(C)C)ccc1[N+](=O)[O-]. The molecule has 0 atom stereocenters. The molecular weight excluding hydrogens is 316 g/mol. The summed E-state index contributed by atoms with van der Waals surface area (Å²) in [5.41, 5.74) is -0.745. The van der Waals surface area contributed by atoms with Gasteiger partial charge in [-0.2, -0.15) is 4.98 Å². The lowest BCUT2D eigenvalue weighted by molar-refractivity contribution is -0.386. The summed E-state index contributed by atoms with van der Waals surface area (Å²) in [6.07, 6.45) is -0.412. The Kier molecular flexibility index (Phi) is 6.33. The topological polar surface area (TPSA) is 98.0 Å². The zero-order valence-corrected chi connectivity index (χ0v) is 14.9. The van der Waals surface area contributed by atoms with Gasteiger partial charge >= 0.3 is 11.8 Å². The molecule has 0 fully saturated rings. The van der Waals surface area contributed by atoms with E-state index in [1.807, 2.05) is 0 Å². The smallest absolute Gasteiger partial charge is 0.410 e. The van der Waals surface area contributed by atoms with Gasteiger partial charge in [0.15, 0.2) is 0 Å². The molecule has 0 radical (unpaired) electrons. The van der Waals surface area contributed by atoms with E-state index in [0.29, 0.717) is 18.9 Å². The zero-order valence-electron chi connectivity index (χ0n) is 14.9. The van der Waals surface area contributed by atoms with E-state index in [-0.39, 0.29) is 11.6 Å². The number of amides is 1. The highest BCUT2D eigenvalue weighted by Crippen LogP contribution is 2.26. The molecular formula is C15H24N4O5. The van der Waals surface area contributed by atoms with Gasteiger partial charge in [0.1, 0.15) is 11.4 Å². The van der Waals surface area contributed by atoms with E-state index in [1.54, 1.807) is 39.8 Å². The van der Waals surface area contributed by atoms with Crippen LogP contribution in [0.15, 0.2) is 12.1 Å². The van der Waals surface area contributed by atoms with Gasteiger partial charge in [0, 0.05) is 33.3 Å². The maximum absolute atomic E-state index is 11.9. The van der Waals surface area contributed by atoms with Crippen molar-refractivity contribution in [2.75, 3.05) is 39.2 Å². The Hall–Kier alpha value is -2.58. The number of aromatic nitrogens is 1. The Labute approximate surface area is 141 Å². The number of hydrogen-bond donors (Lipinski definition) is 0. The molecule has 134 valence electrons. The second-order valence-corrected chi connectivity index (χ2v) is 6.28. The van der Waals surface area contributed by atoms with Gasteiger partial charge in [0.2, 0.25) is 0 Å². The van der Waals surface area contributed by atoms with Crippen molar-refractivity contribution < 1.29 is 19.2 Å². The van der Waals surface area contributed by atoms with Crippen molar-refractivity contribution in [1.29, 1.82) is 0 Å². The Morgan fingerprint density at radius 1 is 1.29 bits per heavy atom. The fraction of sp³-hybridized carbons (Fsp3) is 0.600. The lowest BCUT2D eigenvalue weighted by Crippen LogP contribution is -2.38. The summed E-state index contributed by atoms with van der Waals surface area (Å²) >= 11 is 0. The molecule has 0 saturated carbocycles. The van der Waals surface area contributed by atoms with Crippen LogP contribution in [0.3, 0.4) is 0 Å². The van der Waals surface area contributed by atoms with Gasteiger partial charge in [-0.15, -0.1) is 0 Å². The molecule has 1 aromatic rings. The number of methoxy groups -OCH3 is 1. The summed E-state index contributed by atoms with van der Waals surface area (Å²) in [7, 11) is 4.75. The lowest BCUT2D eigenvalue weighted by Gasteiger charge is -2.26. The number of pyridine rings is 1. The van der Waals surface area contributed by atoms with E-state index < -0.39 is 16.6 Å². The largest absolute Gasteiger partial charge is 0.476 e. The summed E-state index contributed by atoms with van der Waals surface area (Å²) in [6.45, 7) is 6.30. The van der Waals surface area contributed by atoms with Crippen LogP contribution in [-0.4, -0.2) is 60.8 Å². The molecule has 24 heavy (non-hydrogen) atoms. The quantitative estimate of drug-likeness (QED) is 0.579. The highest BCUT2D eigenvalue weighted by molar-refractivity contribution is 5.67. The van der Waals surface area contributed by atoms with Crippen LogP contribution in [0.2, 0.25) is 0 Å². The lowest BCUT2D eigenvalue weighted by atomic mass is 10.2. The zero-order chi connectivity index (χ0) is 18.5. The maximum atomic E-state index is 11.9. The van der Waals surface area contributed by atoms with Gasteiger partial charge in [0.05, 0.1) is 12.0 Å². The van der Waals surface area contributed by atoms with Crippen LogP contribution in [0.1, 0.15) is 20.8 Å². The van der Waals surface area contributed by atoms with Crippen molar-refractivity contribution in [2.45, 2.75) is 26.4 Å². The van der Waals surface area contributed by atoms with Gasteiger partial charge in [0.25, 0.3) is 5.88 Å². The van der Waals surface area contributed by atoms with Crippen LogP contribution in [0.4, 0.5) is 16.3 Å². The van der Waals surface area contributed by atoms with E-state index in [1.165, 1.54) is 24.1 Å². The first-order valence-corrected chi connectivity index (χ1v) is 7.40. The molecule has 0 bridgehead atoms. The summed E-state index contributed by atoms with van der Waals surface area (Å²) < 4.78 is 10.2. The number of nitro groups is 1. The van der Waals surface area contributed by atoms with Crippen molar-refractivity contribution in [3.63, 3.8) is 0 Å². The third-order valence-corrected chi connectivity index (χ3v) is 3.08. The van der Waals surface area contributed by atoms with E-state index in [4.69, 9.17) is 9.47 Å². The maximum Gasteiger partial charge on any atom is 0.410 e. The Bertz CT molecular complexity index is 600. The van der Waals surface area contributed by atoms with E-state index in [9.17, 15) is 14.9 Å². The monoisotopic (exact) mass is 340 g/mol. The van der Waals surface area contributed by atoms with Crippen molar-refractivity contribution >= 4 is 17.6 Å². The van der Waals surface area contributed by atoms with Crippen LogP contribution < -0.4 is 9.64 Å². The second-order valence-electron chi connectivity index (χ2n) is 6.28. The number of ether oxygens (including phenoxy) is 2. The van der Waals surface area contributed by atoms with Crippen LogP contribution in [0, 0.1) is 10.1 Å². The third kappa shape index (κ3) is 5.56. The average molecular weight is 340 g/mol. The molecule has 0 saturated heterocycles. The number of anilines is 1. The minimum atomic E-state index is -0.551. The van der Waals surface area contributed by atoms with Gasteiger partial charge in [-0.25, -0.2) is 4.79 Å². The fourth-order valence-electron chi connectivity index (χ4n) is 1.77. The van der Waals surface area contributed by atoms with E-state index >= 15 is 0 Å². The number of rotatable bonds is 6. The third-order valence-electron chi connectivity index (χ3n) is 3.08. The number of hydrogen-bond acceptors (Lipinski definition) is 7. The normalized spacial score (nSPS) is 10.9. The van der Waals surface area contributed by atoms with Crippen molar-refractivity contribution in [3.8, 4) is 5.88 Å². The highest BCUT2D eigenvalue weighted by atomic mass is 16.6.